The monoisotopic (exact) mass is 279 g/mol. The molecular weight excluding hydrogens is 262 g/mol. The summed E-state index contributed by atoms with van der Waals surface area (Å²) in [5.41, 5.74) is 3.37. The van der Waals surface area contributed by atoms with Gasteiger partial charge in [0.15, 0.2) is 0 Å². The van der Waals surface area contributed by atoms with Gasteiger partial charge in [-0.15, -0.1) is 0 Å². The number of aromatic nitrogens is 2. The minimum atomic E-state index is -0.0761. The summed E-state index contributed by atoms with van der Waals surface area (Å²) in [5.74, 6) is 0.576. The molecule has 1 fully saturated rings. The third-order valence-corrected chi connectivity index (χ3v) is 4.63. The Labute approximate surface area is 123 Å². The van der Waals surface area contributed by atoms with Gasteiger partial charge in [-0.2, -0.15) is 0 Å². The molecule has 0 spiro atoms. The van der Waals surface area contributed by atoms with Gasteiger partial charge in [-0.05, 0) is 43.0 Å². The van der Waals surface area contributed by atoms with Gasteiger partial charge in [0.05, 0.1) is 22.6 Å². The van der Waals surface area contributed by atoms with Crippen molar-refractivity contribution in [1.29, 1.82) is 0 Å². The molecule has 1 saturated carbocycles. The number of nitrogens with zero attached hydrogens (tertiary/aromatic N) is 2. The predicted molar refractivity (Wildman–Crippen MR) is 80.2 cm³/mol. The maximum absolute atomic E-state index is 12.4. The largest absolute Gasteiger partial charge is 0.320 e. The van der Waals surface area contributed by atoms with Gasteiger partial charge in [0.25, 0.3) is 5.91 Å². The van der Waals surface area contributed by atoms with E-state index >= 15 is 0 Å². The van der Waals surface area contributed by atoms with E-state index in [0.29, 0.717) is 11.5 Å². The molecule has 1 aliphatic heterocycles. The van der Waals surface area contributed by atoms with Gasteiger partial charge < -0.3 is 5.32 Å². The van der Waals surface area contributed by atoms with Crippen molar-refractivity contribution in [1.82, 2.24) is 9.97 Å². The first-order valence-electron chi connectivity index (χ1n) is 7.56. The molecule has 1 amide bonds. The van der Waals surface area contributed by atoms with Crippen LogP contribution in [0, 0.1) is 5.92 Å². The summed E-state index contributed by atoms with van der Waals surface area (Å²) in [4.78, 5) is 21.6. The zero-order valence-electron chi connectivity index (χ0n) is 11.7. The molecule has 1 unspecified atom stereocenters. The Morgan fingerprint density at radius 3 is 2.52 bits per heavy atom. The normalized spacial score (nSPS) is 21.3. The summed E-state index contributed by atoms with van der Waals surface area (Å²) in [5, 5.41) is 2.99. The topological polar surface area (TPSA) is 54.9 Å². The Kier molecular flexibility index (Phi) is 2.95. The zero-order valence-corrected chi connectivity index (χ0v) is 11.7. The minimum absolute atomic E-state index is 0.0761. The van der Waals surface area contributed by atoms with Gasteiger partial charge in [0.1, 0.15) is 0 Å². The number of carbonyl (C=O) groups is 1. The van der Waals surface area contributed by atoms with Gasteiger partial charge in [-0.1, -0.05) is 12.8 Å². The van der Waals surface area contributed by atoms with E-state index < -0.39 is 0 Å². The summed E-state index contributed by atoms with van der Waals surface area (Å²) in [6.45, 7) is 0. The zero-order chi connectivity index (χ0) is 14.2. The second kappa shape index (κ2) is 4.95. The van der Waals surface area contributed by atoms with Crippen LogP contribution in [0.15, 0.2) is 36.7 Å². The summed E-state index contributed by atoms with van der Waals surface area (Å²) in [7, 11) is 0. The molecule has 4 rings (SSSR count). The van der Waals surface area contributed by atoms with Crippen LogP contribution in [-0.4, -0.2) is 15.9 Å². The van der Waals surface area contributed by atoms with Crippen LogP contribution >= 0.6 is 0 Å². The van der Waals surface area contributed by atoms with Crippen LogP contribution in [0.1, 0.15) is 53.3 Å². The molecule has 4 nitrogen and oxygen atoms in total. The number of pyridine rings is 2. The molecule has 106 valence electrons. The van der Waals surface area contributed by atoms with Gasteiger partial charge in [-0.25, -0.2) is 0 Å². The lowest BCUT2D eigenvalue weighted by molar-refractivity contribution is 0.102. The van der Waals surface area contributed by atoms with Crippen molar-refractivity contribution >= 4 is 11.6 Å². The summed E-state index contributed by atoms with van der Waals surface area (Å²) >= 11 is 0. The van der Waals surface area contributed by atoms with E-state index in [2.05, 4.69) is 15.3 Å². The minimum Gasteiger partial charge on any atom is -0.320 e. The van der Waals surface area contributed by atoms with Crippen molar-refractivity contribution in [2.45, 2.75) is 31.6 Å². The van der Waals surface area contributed by atoms with Crippen molar-refractivity contribution in [3.8, 4) is 0 Å². The standard InChI is InChI=1S/C17H17N3O/c21-17-12-7-3-9-18-15(12)14(11-5-1-2-6-11)16-13(20-17)8-4-10-19-16/h3-4,7-11,14H,1-2,5-6H2,(H,20,21). The van der Waals surface area contributed by atoms with Crippen LogP contribution in [0.25, 0.3) is 0 Å². The third kappa shape index (κ3) is 2.02. The molecule has 0 aromatic carbocycles. The fourth-order valence-electron chi connectivity index (χ4n) is 3.68. The number of rotatable bonds is 1. The van der Waals surface area contributed by atoms with Crippen LogP contribution in [-0.2, 0) is 0 Å². The van der Waals surface area contributed by atoms with Crippen LogP contribution in [0.4, 0.5) is 5.69 Å². The molecule has 0 radical (unpaired) electrons. The SMILES string of the molecule is O=C1Nc2cccnc2C(C2CCCC2)c2ncccc21. The molecule has 21 heavy (non-hydrogen) atoms. The second-order valence-corrected chi connectivity index (χ2v) is 5.85. The summed E-state index contributed by atoms with van der Waals surface area (Å²) < 4.78 is 0. The van der Waals surface area contributed by atoms with E-state index in [-0.39, 0.29) is 11.8 Å². The Morgan fingerprint density at radius 2 is 1.71 bits per heavy atom. The number of anilines is 1. The van der Waals surface area contributed by atoms with Crippen LogP contribution in [0.5, 0.6) is 0 Å². The number of hydrogen-bond acceptors (Lipinski definition) is 3. The Morgan fingerprint density at radius 1 is 1.00 bits per heavy atom. The van der Waals surface area contributed by atoms with Crippen molar-refractivity contribution in [3.63, 3.8) is 0 Å². The summed E-state index contributed by atoms with van der Waals surface area (Å²) in [6, 6.07) is 7.50. The molecular formula is C17H17N3O. The van der Waals surface area contributed by atoms with Crippen LogP contribution in [0.3, 0.4) is 0 Å². The first kappa shape index (κ1) is 12.5. The maximum Gasteiger partial charge on any atom is 0.257 e. The lowest BCUT2D eigenvalue weighted by Gasteiger charge is -2.23. The lowest BCUT2D eigenvalue weighted by atomic mass is 9.83. The smallest absolute Gasteiger partial charge is 0.257 e. The van der Waals surface area contributed by atoms with Crippen LogP contribution < -0.4 is 5.32 Å². The Hall–Kier alpha value is -2.23. The van der Waals surface area contributed by atoms with Gasteiger partial charge in [0.2, 0.25) is 0 Å². The third-order valence-electron chi connectivity index (χ3n) is 4.63. The quantitative estimate of drug-likeness (QED) is 0.870. The molecule has 2 aliphatic rings. The molecule has 1 N–H and O–H groups in total. The Balaban J connectivity index is 1.94. The fourth-order valence-corrected chi connectivity index (χ4v) is 3.68. The van der Waals surface area contributed by atoms with E-state index in [4.69, 9.17) is 0 Å². The van der Waals surface area contributed by atoms with Crippen molar-refractivity contribution in [2.24, 2.45) is 5.92 Å². The Bertz CT molecular complexity index is 692. The lowest BCUT2D eigenvalue weighted by Crippen LogP contribution is -2.16. The van der Waals surface area contributed by atoms with E-state index in [1.807, 2.05) is 24.3 Å². The fraction of sp³-hybridized carbons (Fsp3) is 0.353. The average molecular weight is 279 g/mol. The van der Waals surface area contributed by atoms with Gasteiger partial charge >= 0.3 is 0 Å². The predicted octanol–water partition coefficient (Wildman–Crippen LogP) is 3.36. The molecule has 1 atom stereocenters. The highest BCUT2D eigenvalue weighted by molar-refractivity contribution is 6.06. The number of amides is 1. The van der Waals surface area contributed by atoms with Crippen LogP contribution in [0.2, 0.25) is 0 Å². The van der Waals surface area contributed by atoms with Gasteiger partial charge in [-0.3, -0.25) is 14.8 Å². The van der Waals surface area contributed by atoms with Crippen molar-refractivity contribution < 1.29 is 4.79 Å². The highest BCUT2D eigenvalue weighted by Crippen LogP contribution is 2.44. The average Bonchev–Trinajstić information content (AvgIpc) is 3.00. The molecule has 2 aromatic rings. The van der Waals surface area contributed by atoms with Crippen molar-refractivity contribution in [3.05, 3.63) is 53.6 Å². The maximum atomic E-state index is 12.4. The molecule has 3 heterocycles. The molecule has 0 saturated heterocycles. The first-order valence-corrected chi connectivity index (χ1v) is 7.56. The van der Waals surface area contributed by atoms with Crippen molar-refractivity contribution in [2.75, 3.05) is 5.32 Å². The highest BCUT2D eigenvalue weighted by atomic mass is 16.1. The second-order valence-electron chi connectivity index (χ2n) is 5.85. The summed E-state index contributed by atoms with van der Waals surface area (Å²) in [6.07, 6.45) is 8.47. The molecule has 0 bridgehead atoms. The molecule has 1 aliphatic carbocycles. The number of carbonyl (C=O) groups excluding carboxylic acids is 1. The molecule has 4 heteroatoms. The van der Waals surface area contributed by atoms with Gasteiger partial charge in [0, 0.05) is 18.3 Å². The van der Waals surface area contributed by atoms with E-state index in [1.54, 1.807) is 12.4 Å². The van der Waals surface area contributed by atoms with E-state index in [0.717, 1.165) is 17.1 Å². The molecule has 2 aromatic heterocycles. The number of nitrogens with one attached hydrogen (secondary N) is 1. The number of fused-ring (bicyclic) bond motifs is 2. The number of hydrogen-bond donors (Lipinski definition) is 1. The van der Waals surface area contributed by atoms with E-state index in [9.17, 15) is 4.79 Å². The first-order chi connectivity index (χ1) is 10.3. The highest BCUT2D eigenvalue weighted by Gasteiger charge is 2.36. The van der Waals surface area contributed by atoms with E-state index in [1.165, 1.54) is 25.7 Å².